The van der Waals surface area contributed by atoms with Crippen molar-refractivity contribution in [2.75, 3.05) is 13.1 Å². The molecule has 0 aliphatic heterocycles. The van der Waals surface area contributed by atoms with Gasteiger partial charge in [0.05, 0.1) is 0 Å². The van der Waals surface area contributed by atoms with Gasteiger partial charge in [0.15, 0.2) is 0 Å². The first kappa shape index (κ1) is 20.1. The van der Waals surface area contributed by atoms with Crippen molar-refractivity contribution in [2.45, 2.75) is 45.1 Å². The topological polar surface area (TPSA) is 71.3 Å². The van der Waals surface area contributed by atoms with Crippen LogP contribution in [0, 0.1) is 18.3 Å². The Kier molecular flexibility index (Phi) is 7.89. The van der Waals surface area contributed by atoms with E-state index in [1.54, 1.807) is 23.2 Å². The third-order valence-corrected chi connectivity index (χ3v) is 4.63. The number of benzene rings is 1. The van der Waals surface area contributed by atoms with E-state index >= 15 is 0 Å². The first-order chi connectivity index (χ1) is 11.3. The fourth-order valence-electron chi connectivity index (χ4n) is 1.98. The quantitative estimate of drug-likeness (QED) is 0.294. The van der Waals surface area contributed by atoms with Gasteiger partial charge in [-0.2, -0.15) is 8.42 Å². The van der Waals surface area contributed by atoms with Crippen molar-refractivity contribution in [3.8, 4) is 12.3 Å². The molecule has 0 saturated carbocycles. The lowest BCUT2D eigenvalue weighted by Crippen LogP contribution is -2.19. The van der Waals surface area contributed by atoms with Crippen LogP contribution < -0.4 is 0 Å². The molecule has 0 spiro atoms. The molecule has 1 atom stereocenters. The first-order valence-corrected chi connectivity index (χ1v) is 9.39. The minimum Gasteiger partial charge on any atom is -0.279 e. The van der Waals surface area contributed by atoms with E-state index in [0.717, 1.165) is 0 Å². The first-order valence-electron chi connectivity index (χ1n) is 7.99. The Labute approximate surface area is 145 Å². The number of hydrogen-bond donors (Lipinski definition) is 0. The zero-order valence-electron chi connectivity index (χ0n) is 14.6. The van der Waals surface area contributed by atoms with Gasteiger partial charge in [0.25, 0.3) is 10.1 Å². The highest BCUT2D eigenvalue weighted by molar-refractivity contribution is 7.87. The summed E-state index contributed by atoms with van der Waals surface area (Å²) in [5, 5.41) is 9.81. The molecular weight excluding hydrogens is 326 g/mol. The molecule has 6 nitrogen and oxygen atoms in total. The predicted octanol–water partition coefficient (Wildman–Crippen LogP) is 3.78. The maximum atomic E-state index is 12.6. The highest BCUT2D eigenvalue weighted by atomic mass is 32.2. The van der Waals surface area contributed by atoms with Crippen LogP contribution in [-0.4, -0.2) is 32.6 Å². The third-order valence-electron chi connectivity index (χ3n) is 3.26. The average Bonchev–Trinajstić information content (AvgIpc) is 2.54. The summed E-state index contributed by atoms with van der Waals surface area (Å²) in [5.41, 5.74) is 0.227. The van der Waals surface area contributed by atoms with Crippen molar-refractivity contribution < 1.29 is 12.6 Å². The number of terminal acetylenes is 1. The fraction of sp³-hybridized carbons (Fsp3) is 0.529. The molecule has 0 heterocycles. The molecule has 0 radical (unpaired) electrons. The molecule has 132 valence electrons. The van der Waals surface area contributed by atoms with Crippen LogP contribution in [0.2, 0.25) is 0 Å². The molecule has 0 amide bonds. The van der Waals surface area contributed by atoms with Crippen LogP contribution in [0.4, 0.5) is 5.69 Å². The van der Waals surface area contributed by atoms with Gasteiger partial charge < -0.3 is 0 Å². The summed E-state index contributed by atoms with van der Waals surface area (Å²) >= 11 is 0. The molecule has 1 rings (SSSR count). The molecule has 0 aliphatic rings. The molecule has 7 heteroatoms. The summed E-state index contributed by atoms with van der Waals surface area (Å²) in [6.45, 7) is 9.15. The van der Waals surface area contributed by atoms with Gasteiger partial charge in [-0.3, -0.25) is 5.01 Å². The number of rotatable bonds is 9. The van der Waals surface area contributed by atoms with Crippen LogP contribution in [-0.2, 0) is 14.3 Å². The van der Waals surface area contributed by atoms with E-state index in [-0.39, 0.29) is 16.5 Å². The second kappa shape index (κ2) is 9.40. The van der Waals surface area contributed by atoms with Gasteiger partial charge in [0, 0.05) is 13.1 Å². The van der Waals surface area contributed by atoms with E-state index in [4.69, 9.17) is 10.6 Å². The monoisotopic (exact) mass is 351 g/mol. The Morgan fingerprint density at radius 1 is 1.25 bits per heavy atom. The molecule has 1 aromatic carbocycles. The summed E-state index contributed by atoms with van der Waals surface area (Å²) in [5.74, 6) is 2.60. The Morgan fingerprint density at radius 2 is 1.88 bits per heavy atom. The minimum absolute atomic E-state index is 0.0371. The lowest BCUT2D eigenvalue weighted by atomic mass is 10.1. The number of hydrogen-bond acceptors (Lipinski definition) is 5. The maximum absolute atomic E-state index is 12.6. The van der Waals surface area contributed by atoms with Crippen LogP contribution >= 0.6 is 0 Å². The molecule has 1 aromatic rings. The van der Waals surface area contributed by atoms with Crippen molar-refractivity contribution in [2.24, 2.45) is 16.3 Å². The summed E-state index contributed by atoms with van der Waals surface area (Å²) in [7, 11) is -4.02. The zero-order valence-corrected chi connectivity index (χ0v) is 15.5. The van der Waals surface area contributed by atoms with Crippen molar-refractivity contribution in [1.82, 2.24) is 5.01 Å². The highest BCUT2D eigenvalue weighted by Gasteiger charge is 2.24. The Morgan fingerprint density at radius 3 is 2.42 bits per heavy atom. The van der Waals surface area contributed by atoms with Crippen molar-refractivity contribution in [3.63, 3.8) is 0 Å². The third kappa shape index (κ3) is 5.95. The summed E-state index contributed by atoms with van der Waals surface area (Å²) in [6, 6.07) is 6.33. The van der Waals surface area contributed by atoms with Gasteiger partial charge in [0.1, 0.15) is 16.7 Å². The second-order valence-electron chi connectivity index (χ2n) is 5.63. The summed E-state index contributed by atoms with van der Waals surface area (Å²) in [6.07, 6.45) is 5.04. The SMILES string of the molecule is C#CC(CC(C)C)OS(=O)(=O)c1ccccc1N=NN(CC)CC. The van der Waals surface area contributed by atoms with Crippen LogP contribution in [0.25, 0.3) is 0 Å². The zero-order chi connectivity index (χ0) is 18.2. The van der Waals surface area contributed by atoms with E-state index in [2.05, 4.69) is 16.3 Å². The van der Waals surface area contributed by atoms with Gasteiger partial charge >= 0.3 is 0 Å². The van der Waals surface area contributed by atoms with Gasteiger partial charge in [-0.25, -0.2) is 4.18 Å². The van der Waals surface area contributed by atoms with Crippen LogP contribution in [0.15, 0.2) is 39.5 Å². The van der Waals surface area contributed by atoms with E-state index in [0.29, 0.717) is 19.5 Å². The van der Waals surface area contributed by atoms with E-state index in [1.807, 2.05) is 27.7 Å². The van der Waals surface area contributed by atoms with E-state index < -0.39 is 16.2 Å². The molecule has 0 saturated heterocycles. The van der Waals surface area contributed by atoms with E-state index in [9.17, 15) is 8.42 Å². The van der Waals surface area contributed by atoms with Crippen molar-refractivity contribution >= 4 is 15.8 Å². The lowest BCUT2D eigenvalue weighted by molar-refractivity contribution is 0.235. The maximum Gasteiger partial charge on any atom is 0.300 e. The minimum atomic E-state index is -4.02. The highest BCUT2D eigenvalue weighted by Crippen LogP contribution is 2.27. The predicted molar refractivity (Wildman–Crippen MR) is 94.2 cm³/mol. The summed E-state index contributed by atoms with van der Waals surface area (Å²) in [4.78, 5) is -0.0371. The van der Waals surface area contributed by atoms with Crippen molar-refractivity contribution in [1.29, 1.82) is 0 Å². The Balaban J connectivity index is 3.10. The van der Waals surface area contributed by atoms with Gasteiger partial charge in [-0.15, -0.1) is 11.5 Å². The molecule has 0 N–H and O–H groups in total. The fourth-order valence-corrected chi connectivity index (χ4v) is 3.13. The van der Waals surface area contributed by atoms with Gasteiger partial charge in [-0.1, -0.05) is 37.1 Å². The van der Waals surface area contributed by atoms with Gasteiger partial charge in [-0.05, 0) is 38.3 Å². The molecule has 0 aliphatic carbocycles. The second-order valence-corrected chi connectivity index (χ2v) is 7.17. The van der Waals surface area contributed by atoms with Crippen LogP contribution in [0.1, 0.15) is 34.1 Å². The standard InChI is InChI=1S/C17H25N3O3S/c1-6-15(13-14(4)5)23-24(21,22)17-12-10-9-11-16(17)18-19-20(7-2)8-3/h1,9-12,14-15H,7-8,13H2,2-5H3. The molecular formula is C17H25N3O3S. The normalized spacial score (nSPS) is 13.2. The van der Waals surface area contributed by atoms with Crippen LogP contribution in [0.3, 0.4) is 0 Å². The Bertz CT molecular complexity index is 689. The molecule has 1 unspecified atom stereocenters. The molecule has 0 aromatic heterocycles. The van der Waals surface area contributed by atoms with Gasteiger partial charge in [0.2, 0.25) is 0 Å². The molecule has 0 fully saturated rings. The van der Waals surface area contributed by atoms with Crippen LogP contribution in [0.5, 0.6) is 0 Å². The van der Waals surface area contributed by atoms with Crippen molar-refractivity contribution in [3.05, 3.63) is 24.3 Å². The number of nitrogens with zero attached hydrogens (tertiary/aromatic N) is 3. The molecule has 0 bridgehead atoms. The van der Waals surface area contributed by atoms with E-state index in [1.165, 1.54) is 6.07 Å². The Hall–Kier alpha value is -1.91. The smallest absolute Gasteiger partial charge is 0.279 e. The molecule has 24 heavy (non-hydrogen) atoms. The average molecular weight is 351 g/mol. The largest absolute Gasteiger partial charge is 0.300 e. The lowest BCUT2D eigenvalue weighted by Gasteiger charge is -2.15. The summed E-state index contributed by atoms with van der Waals surface area (Å²) < 4.78 is 30.3.